The number of anilines is 1. The van der Waals surface area contributed by atoms with Crippen LogP contribution in [-0.2, 0) is 4.79 Å². The fourth-order valence-electron chi connectivity index (χ4n) is 1.56. The number of aryl methyl sites for hydroxylation is 1. The molecule has 0 aliphatic rings. The van der Waals surface area contributed by atoms with Crippen LogP contribution < -0.4 is 15.4 Å². The van der Waals surface area contributed by atoms with Gasteiger partial charge < -0.3 is 15.4 Å². The zero-order chi connectivity index (χ0) is 12.7. The van der Waals surface area contributed by atoms with E-state index in [1.54, 1.807) is 7.11 Å². The minimum atomic E-state index is 0.0617. The summed E-state index contributed by atoms with van der Waals surface area (Å²) < 4.78 is 5.24. The van der Waals surface area contributed by atoms with Crippen LogP contribution in [0, 0.1) is 6.92 Å². The van der Waals surface area contributed by atoms with Crippen LogP contribution in [0.2, 0.25) is 0 Å². The Labute approximate surface area is 102 Å². The second kappa shape index (κ2) is 6.78. The topological polar surface area (TPSA) is 50.4 Å². The van der Waals surface area contributed by atoms with Gasteiger partial charge in [0, 0.05) is 19.5 Å². The summed E-state index contributed by atoms with van der Waals surface area (Å²) in [6.07, 6.45) is 0.463. The van der Waals surface area contributed by atoms with Crippen LogP contribution in [0.3, 0.4) is 0 Å². The third kappa shape index (κ3) is 4.34. The van der Waals surface area contributed by atoms with E-state index < -0.39 is 0 Å². The summed E-state index contributed by atoms with van der Waals surface area (Å²) in [6, 6.07) is 5.92. The van der Waals surface area contributed by atoms with Gasteiger partial charge in [-0.3, -0.25) is 4.79 Å². The fraction of sp³-hybridized carbons (Fsp3) is 0.462. The smallest absolute Gasteiger partial charge is 0.221 e. The zero-order valence-corrected chi connectivity index (χ0v) is 10.7. The molecule has 0 saturated heterocycles. The Morgan fingerprint density at radius 1 is 1.41 bits per heavy atom. The lowest BCUT2D eigenvalue weighted by Crippen LogP contribution is -2.24. The van der Waals surface area contributed by atoms with E-state index in [4.69, 9.17) is 4.74 Å². The minimum absolute atomic E-state index is 0.0617. The summed E-state index contributed by atoms with van der Waals surface area (Å²) in [5.74, 6) is 0.859. The van der Waals surface area contributed by atoms with Gasteiger partial charge in [0.05, 0.1) is 12.8 Å². The Morgan fingerprint density at radius 2 is 2.18 bits per heavy atom. The summed E-state index contributed by atoms with van der Waals surface area (Å²) in [5, 5.41) is 5.97. The molecule has 0 aliphatic heterocycles. The average Bonchev–Trinajstić information content (AvgIpc) is 2.30. The lowest BCUT2D eigenvalue weighted by atomic mass is 10.2. The number of carbonyl (C=O) groups is 1. The minimum Gasteiger partial charge on any atom is -0.495 e. The quantitative estimate of drug-likeness (QED) is 0.793. The second-order valence-electron chi connectivity index (χ2n) is 3.83. The van der Waals surface area contributed by atoms with Gasteiger partial charge in [-0.25, -0.2) is 0 Å². The van der Waals surface area contributed by atoms with Crippen LogP contribution in [0.5, 0.6) is 5.75 Å². The van der Waals surface area contributed by atoms with Crippen molar-refractivity contribution in [2.45, 2.75) is 20.3 Å². The molecule has 0 radical (unpaired) electrons. The molecule has 0 spiro atoms. The Kier molecular flexibility index (Phi) is 5.33. The predicted molar refractivity (Wildman–Crippen MR) is 69.5 cm³/mol. The summed E-state index contributed by atoms with van der Waals surface area (Å²) in [4.78, 5) is 11.3. The molecule has 1 aromatic carbocycles. The van der Waals surface area contributed by atoms with E-state index in [0.717, 1.165) is 17.0 Å². The van der Waals surface area contributed by atoms with Crippen molar-refractivity contribution < 1.29 is 9.53 Å². The van der Waals surface area contributed by atoms with E-state index in [9.17, 15) is 4.79 Å². The van der Waals surface area contributed by atoms with Crippen LogP contribution in [0.4, 0.5) is 5.69 Å². The monoisotopic (exact) mass is 236 g/mol. The number of hydrogen-bond acceptors (Lipinski definition) is 3. The van der Waals surface area contributed by atoms with E-state index in [1.165, 1.54) is 0 Å². The molecule has 4 heteroatoms. The fourth-order valence-corrected chi connectivity index (χ4v) is 1.56. The molecule has 2 N–H and O–H groups in total. The standard InChI is InChI=1S/C13H20N2O2/c1-4-14-13(16)7-8-15-11-9-10(2)5-6-12(11)17-3/h5-6,9,15H,4,7-8H2,1-3H3,(H,14,16). The van der Waals surface area contributed by atoms with Crippen molar-refractivity contribution >= 4 is 11.6 Å². The highest BCUT2D eigenvalue weighted by Gasteiger charge is 2.03. The lowest BCUT2D eigenvalue weighted by molar-refractivity contribution is -0.120. The number of ether oxygens (including phenoxy) is 1. The maximum atomic E-state index is 11.3. The maximum absolute atomic E-state index is 11.3. The van der Waals surface area contributed by atoms with Gasteiger partial charge in [0.25, 0.3) is 0 Å². The van der Waals surface area contributed by atoms with Crippen LogP contribution in [0.15, 0.2) is 18.2 Å². The molecular formula is C13H20N2O2. The summed E-state index contributed by atoms with van der Waals surface area (Å²) in [5.41, 5.74) is 2.09. The second-order valence-corrected chi connectivity index (χ2v) is 3.83. The number of amides is 1. The first-order chi connectivity index (χ1) is 8.17. The molecule has 0 aliphatic carbocycles. The third-order valence-corrected chi connectivity index (χ3v) is 2.40. The third-order valence-electron chi connectivity index (χ3n) is 2.40. The first kappa shape index (κ1) is 13.4. The van der Waals surface area contributed by atoms with Gasteiger partial charge in [0.2, 0.25) is 5.91 Å². The number of nitrogens with one attached hydrogen (secondary N) is 2. The number of carbonyl (C=O) groups excluding carboxylic acids is 1. The molecule has 0 saturated carbocycles. The Morgan fingerprint density at radius 3 is 2.82 bits per heavy atom. The zero-order valence-electron chi connectivity index (χ0n) is 10.7. The van der Waals surface area contributed by atoms with Crippen molar-refractivity contribution in [3.8, 4) is 5.75 Å². The van der Waals surface area contributed by atoms with Gasteiger partial charge in [-0.2, -0.15) is 0 Å². The van der Waals surface area contributed by atoms with E-state index in [0.29, 0.717) is 19.5 Å². The molecule has 1 aromatic rings. The largest absolute Gasteiger partial charge is 0.495 e. The van der Waals surface area contributed by atoms with Crippen LogP contribution >= 0.6 is 0 Å². The van der Waals surface area contributed by atoms with E-state index in [-0.39, 0.29) is 5.91 Å². The molecule has 4 nitrogen and oxygen atoms in total. The van der Waals surface area contributed by atoms with E-state index >= 15 is 0 Å². The van der Waals surface area contributed by atoms with Gasteiger partial charge in [-0.15, -0.1) is 0 Å². The Balaban J connectivity index is 2.50. The van der Waals surface area contributed by atoms with E-state index in [1.807, 2.05) is 32.0 Å². The van der Waals surface area contributed by atoms with Crippen molar-refractivity contribution in [2.75, 3.05) is 25.5 Å². The van der Waals surface area contributed by atoms with Crippen molar-refractivity contribution in [1.82, 2.24) is 5.32 Å². The number of methoxy groups -OCH3 is 1. The Hall–Kier alpha value is -1.71. The van der Waals surface area contributed by atoms with Crippen molar-refractivity contribution in [1.29, 1.82) is 0 Å². The number of hydrogen-bond donors (Lipinski definition) is 2. The van der Waals surface area contributed by atoms with Crippen LogP contribution in [0.25, 0.3) is 0 Å². The molecule has 1 amide bonds. The van der Waals surface area contributed by atoms with Crippen molar-refractivity contribution in [3.63, 3.8) is 0 Å². The SMILES string of the molecule is CCNC(=O)CCNc1cc(C)ccc1OC. The number of rotatable bonds is 6. The maximum Gasteiger partial charge on any atom is 0.221 e. The van der Waals surface area contributed by atoms with Crippen molar-refractivity contribution in [3.05, 3.63) is 23.8 Å². The van der Waals surface area contributed by atoms with Gasteiger partial charge in [-0.1, -0.05) is 6.07 Å². The molecule has 0 atom stereocenters. The normalized spacial score (nSPS) is 9.82. The predicted octanol–water partition coefficient (Wildman–Crippen LogP) is 1.94. The molecule has 0 heterocycles. The molecule has 0 unspecified atom stereocenters. The van der Waals surface area contributed by atoms with E-state index in [2.05, 4.69) is 10.6 Å². The summed E-state index contributed by atoms with van der Waals surface area (Å²) in [6.45, 7) is 5.21. The first-order valence-electron chi connectivity index (χ1n) is 5.82. The lowest BCUT2D eigenvalue weighted by Gasteiger charge is -2.11. The average molecular weight is 236 g/mol. The summed E-state index contributed by atoms with van der Waals surface area (Å²) >= 11 is 0. The molecule has 94 valence electrons. The number of benzene rings is 1. The highest BCUT2D eigenvalue weighted by atomic mass is 16.5. The van der Waals surface area contributed by atoms with Crippen LogP contribution in [-0.4, -0.2) is 26.1 Å². The van der Waals surface area contributed by atoms with Gasteiger partial charge >= 0.3 is 0 Å². The van der Waals surface area contributed by atoms with Crippen LogP contribution in [0.1, 0.15) is 18.9 Å². The molecule has 0 bridgehead atoms. The summed E-state index contributed by atoms with van der Waals surface area (Å²) in [7, 11) is 1.64. The molecule has 0 aromatic heterocycles. The van der Waals surface area contributed by atoms with Gasteiger partial charge in [-0.05, 0) is 31.5 Å². The highest BCUT2D eigenvalue weighted by Crippen LogP contribution is 2.24. The van der Waals surface area contributed by atoms with Crippen molar-refractivity contribution in [2.24, 2.45) is 0 Å². The first-order valence-corrected chi connectivity index (χ1v) is 5.82. The molecule has 0 fully saturated rings. The van der Waals surface area contributed by atoms with Gasteiger partial charge in [0.1, 0.15) is 5.75 Å². The molecular weight excluding hydrogens is 216 g/mol. The molecule has 1 rings (SSSR count). The highest BCUT2D eigenvalue weighted by molar-refractivity contribution is 5.76. The Bertz CT molecular complexity index is 378. The molecule has 17 heavy (non-hydrogen) atoms. The van der Waals surface area contributed by atoms with Gasteiger partial charge in [0.15, 0.2) is 0 Å².